The van der Waals surface area contributed by atoms with E-state index < -0.39 is 21.5 Å². The van der Waals surface area contributed by atoms with Crippen molar-refractivity contribution in [3.8, 4) is 0 Å². The monoisotopic (exact) mass is 308 g/mol. The molecular formula is C14H13FN2O3S. The highest BCUT2D eigenvalue weighted by Crippen LogP contribution is 2.23. The van der Waals surface area contributed by atoms with Gasteiger partial charge in [0.15, 0.2) is 5.78 Å². The summed E-state index contributed by atoms with van der Waals surface area (Å²) in [6.07, 6.45) is 0. The summed E-state index contributed by atoms with van der Waals surface area (Å²) in [6, 6.07) is 9.44. The van der Waals surface area contributed by atoms with Crippen LogP contribution in [0.3, 0.4) is 0 Å². The van der Waals surface area contributed by atoms with Gasteiger partial charge in [0.2, 0.25) is 0 Å². The molecule has 21 heavy (non-hydrogen) atoms. The molecule has 3 N–H and O–H groups in total. The molecule has 2 aromatic rings. The molecular weight excluding hydrogens is 295 g/mol. The first-order valence-corrected chi connectivity index (χ1v) is 7.47. The van der Waals surface area contributed by atoms with Crippen molar-refractivity contribution >= 4 is 27.2 Å². The summed E-state index contributed by atoms with van der Waals surface area (Å²) in [5.41, 5.74) is 5.72. The van der Waals surface area contributed by atoms with E-state index in [0.29, 0.717) is 5.56 Å². The molecule has 0 bridgehead atoms. The van der Waals surface area contributed by atoms with Crippen LogP contribution in [0, 0.1) is 5.82 Å². The Kier molecular flexibility index (Phi) is 3.95. The molecule has 0 unspecified atom stereocenters. The fourth-order valence-corrected chi connectivity index (χ4v) is 2.94. The van der Waals surface area contributed by atoms with Crippen molar-refractivity contribution in [1.29, 1.82) is 0 Å². The summed E-state index contributed by atoms with van der Waals surface area (Å²) < 4.78 is 40.0. The highest BCUT2D eigenvalue weighted by atomic mass is 32.2. The molecule has 0 aromatic heterocycles. The summed E-state index contributed by atoms with van der Waals surface area (Å²) in [4.78, 5) is 10.8. The second-order valence-corrected chi connectivity index (χ2v) is 6.04. The Balaban J connectivity index is 2.33. The standard InChI is InChI=1S/C14H13FN2O3S/c1-9(18)10-5-7-11(8-6-10)17-21(19,20)13-4-2-3-12(15)14(13)16/h2-8,17H,16H2,1H3. The molecule has 0 spiro atoms. The van der Waals surface area contributed by atoms with Gasteiger partial charge in [0.05, 0.1) is 5.69 Å². The molecule has 0 saturated carbocycles. The normalized spacial score (nSPS) is 11.1. The number of hydrogen-bond donors (Lipinski definition) is 2. The lowest BCUT2D eigenvalue weighted by atomic mass is 10.1. The molecule has 0 saturated heterocycles. The Hall–Kier alpha value is -2.41. The van der Waals surface area contributed by atoms with Crippen LogP contribution in [0.1, 0.15) is 17.3 Å². The zero-order valence-corrected chi connectivity index (χ0v) is 11.9. The van der Waals surface area contributed by atoms with E-state index in [1.165, 1.54) is 43.3 Å². The molecule has 2 aromatic carbocycles. The minimum Gasteiger partial charge on any atom is -0.395 e. The van der Waals surface area contributed by atoms with Crippen molar-refractivity contribution in [3.63, 3.8) is 0 Å². The molecule has 7 heteroatoms. The van der Waals surface area contributed by atoms with Crippen LogP contribution in [0.5, 0.6) is 0 Å². The number of benzene rings is 2. The first kappa shape index (κ1) is 15.0. The topological polar surface area (TPSA) is 89.3 Å². The van der Waals surface area contributed by atoms with Crippen molar-refractivity contribution in [1.82, 2.24) is 0 Å². The van der Waals surface area contributed by atoms with Crippen molar-refractivity contribution in [2.24, 2.45) is 0 Å². The van der Waals surface area contributed by atoms with Gasteiger partial charge in [-0.15, -0.1) is 0 Å². The SMILES string of the molecule is CC(=O)c1ccc(NS(=O)(=O)c2cccc(F)c2N)cc1. The van der Waals surface area contributed by atoms with Gasteiger partial charge < -0.3 is 5.73 Å². The first-order valence-electron chi connectivity index (χ1n) is 5.99. The number of sulfonamides is 1. The van der Waals surface area contributed by atoms with Gasteiger partial charge in [-0.2, -0.15) is 0 Å². The summed E-state index contributed by atoms with van der Waals surface area (Å²) in [5, 5.41) is 0. The highest BCUT2D eigenvalue weighted by Gasteiger charge is 2.19. The Morgan fingerprint density at radius 1 is 1.14 bits per heavy atom. The van der Waals surface area contributed by atoms with E-state index in [-0.39, 0.29) is 16.4 Å². The first-order chi connectivity index (χ1) is 9.81. The van der Waals surface area contributed by atoms with Crippen molar-refractivity contribution in [2.45, 2.75) is 11.8 Å². The van der Waals surface area contributed by atoms with E-state index in [2.05, 4.69) is 4.72 Å². The average molecular weight is 308 g/mol. The zero-order valence-electron chi connectivity index (χ0n) is 11.1. The number of halogens is 1. The van der Waals surface area contributed by atoms with E-state index in [4.69, 9.17) is 5.73 Å². The number of Topliss-reactive ketones (excluding diaryl/α,β-unsaturated/α-hetero) is 1. The van der Waals surface area contributed by atoms with Crippen LogP contribution in [0.4, 0.5) is 15.8 Å². The van der Waals surface area contributed by atoms with Gasteiger partial charge in [-0.3, -0.25) is 9.52 Å². The van der Waals surface area contributed by atoms with Crippen molar-refractivity contribution < 1.29 is 17.6 Å². The van der Waals surface area contributed by atoms with E-state index in [1.54, 1.807) is 0 Å². The van der Waals surface area contributed by atoms with E-state index in [1.807, 2.05) is 0 Å². The predicted octanol–water partition coefficient (Wildman–Crippen LogP) is 2.41. The number of anilines is 2. The van der Waals surface area contributed by atoms with Crippen molar-refractivity contribution in [3.05, 3.63) is 53.8 Å². The summed E-state index contributed by atoms with van der Waals surface area (Å²) in [5.74, 6) is -0.927. The minimum atomic E-state index is -4.00. The Labute approximate surface area is 121 Å². The second-order valence-electron chi connectivity index (χ2n) is 4.39. The number of hydrogen-bond acceptors (Lipinski definition) is 4. The third-order valence-corrected chi connectivity index (χ3v) is 4.29. The van der Waals surface area contributed by atoms with E-state index in [0.717, 1.165) is 6.07 Å². The molecule has 0 amide bonds. The van der Waals surface area contributed by atoms with Gasteiger partial charge in [-0.05, 0) is 43.3 Å². The lowest BCUT2D eigenvalue weighted by molar-refractivity contribution is 0.101. The van der Waals surface area contributed by atoms with E-state index in [9.17, 15) is 17.6 Å². The minimum absolute atomic E-state index is 0.126. The smallest absolute Gasteiger partial charge is 0.264 e. The number of carbonyl (C=O) groups is 1. The summed E-state index contributed by atoms with van der Waals surface area (Å²) >= 11 is 0. The molecule has 0 aliphatic heterocycles. The molecule has 0 aliphatic carbocycles. The molecule has 2 rings (SSSR count). The lowest BCUT2D eigenvalue weighted by Crippen LogP contribution is -2.15. The van der Waals surface area contributed by atoms with Gasteiger partial charge in [-0.1, -0.05) is 6.07 Å². The number of para-hydroxylation sites is 1. The Bertz CT molecular complexity index is 786. The van der Waals surface area contributed by atoms with Gasteiger partial charge >= 0.3 is 0 Å². The zero-order chi connectivity index (χ0) is 15.6. The second kappa shape index (κ2) is 5.53. The number of rotatable bonds is 4. The average Bonchev–Trinajstić information content (AvgIpc) is 2.41. The predicted molar refractivity (Wildman–Crippen MR) is 78.1 cm³/mol. The van der Waals surface area contributed by atoms with Crippen molar-refractivity contribution in [2.75, 3.05) is 10.5 Å². The van der Waals surface area contributed by atoms with Gasteiger partial charge in [0, 0.05) is 11.3 Å². The maximum absolute atomic E-state index is 13.3. The molecule has 0 radical (unpaired) electrons. The molecule has 0 atom stereocenters. The lowest BCUT2D eigenvalue weighted by Gasteiger charge is -2.10. The summed E-state index contributed by atoms with van der Waals surface area (Å²) in [6.45, 7) is 1.41. The third-order valence-electron chi connectivity index (χ3n) is 2.85. The number of nitrogens with one attached hydrogen (secondary N) is 1. The van der Waals surface area contributed by atoms with Crippen LogP contribution in [0.2, 0.25) is 0 Å². The number of ketones is 1. The van der Waals surface area contributed by atoms with Gasteiger partial charge in [0.25, 0.3) is 10.0 Å². The van der Waals surface area contributed by atoms with Gasteiger partial charge in [0.1, 0.15) is 10.7 Å². The van der Waals surface area contributed by atoms with Crippen LogP contribution in [-0.4, -0.2) is 14.2 Å². The maximum atomic E-state index is 13.3. The van der Waals surface area contributed by atoms with Crippen LogP contribution in [-0.2, 0) is 10.0 Å². The summed E-state index contributed by atoms with van der Waals surface area (Å²) in [7, 11) is -4.00. The fourth-order valence-electron chi connectivity index (χ4n) is 1.73. The molecule has 110 valence electrons. The Morgan fingerprint density at radius 3 is 2.33 bits per heavy atom. The molecule has 0 heterocycles. The molecule has 0 aliphatic rings. The molecule has 0 fully saturated rings. The maximum Gasteiger partial charge on any atom is 0.264 e. The van der Waals surface area contributed by atoms with Crippen LogP contribution < -0.4 is 10.5 Å². The van der Waals surface area contributed by atoms with E-state index >= 15 is 0 Å². The van der Waals surface area contributed by atoms with Crippen LogP contribution >= 0.6 is 0 Å². The van der Waals surface area contributed by atoms with Crippen LogP contribution in [0.25, 0.3) is 0 Å². The quantitative estimate of drug-likeness (QED) is 0.670. The van der Waals surface area contributed by atoms with Gasteiger partial charge in [-0.25, -0.2) is 12.8 Å². The highest BCUT2D eigenvalue weighted by molar-refractivity contribution is 7.92. The number of nitrogens with two attached hydrogens (primary N) is 1. The number of carbonyl (C=O) groups excluding carboxylic acids is 1. The Morgan fingerprint density at radius 2 is 1.76 bits per heavy atom. The fraction of sp³-hybridized carbons (Fsp3) is 0.0714. The third kappa shape index (κ3) is 3.19. The number of nitrogen functional groups attached to an aromatic ring is 1. The largest absolute Gasteiger partial charge is 0.395 e. The molecule has 5 nitrogen and oxygen atoms in total. The van der Waals surface area contributed by atoms with Crippen LogP contribution in [0.15, 0.2) is 47.4 Å².